The van der Waals surface area contributed by atoms with Gasteiger partial charge in [0.15, 0.2) is 0 Å². The number of para-hydroxylation sites is 1. The van der Waals surface area contributed by atoms with Crippen molar-refractivity contribution in [3.63, 3.8) is 0 Å². The Balaban J connectivity index is 1.99. The van der Waals surface area contributed by atoms with Crippen LogP contribution in [-0.4, -0.2) is 23.5 Å². The lowest BCUT2D eigenvalue weighted by atomic mass is 10.2. The first kappa shape index (κ1) is 10.2. The van der Waals surface area contributed by atoms with Crippen molar-refractivity contribution in [1.29, 1.82) is 0 Å². The summed E-state index contributed by atoms with van der Waals surface area (Å²) in [7, 11) is 0. The average Bonchev–Trinajstić information content (AvgIpc) is 2.68. The van der Waals surface area contributed by atoms with Gasteiger partial charge in [-0.1, -0.05) is 18.2 Å². The van der Waals surface area contributed by atoms with Crippen LogP contribution in [0.2, 0.25) is 0 Å². The molecular formula is C13H16N4. The van der Waals surface area contributed by atoms with Gasteiger partial charge in [0.1, 0.15) is 11.7 Å². The molecule has 0 spiro atoms. The second kappa shape index (κ2) is 4.13. The molecule has 1 aromatic carbocycles. The number of nitrogens with zero attached hydrogens (tertiary/aromatic N) is 2. The van der Waals surface area contributed by atoms with Crippen LogP contribution in [0.3, 0.4) is 0 Å². The van der Waals surface area contributed by atoms with Crippen LogP contribution in [0, 0.1) is 0 Å². The summed E-state index contributed by atoms with van der Waals surface area (Å²) in [6.45, 7) is 2.67. The van der Waals surface area contributed by atoms with Gasteiger partial charge in [0.25, 0.3) is 0 Å². The SMILES string of the molecule is Nc1cc2ccccc2n1CC1=NCCCN1. The first-order valence-electron chi connectivity index (χ1n) is 5.95. The summed E-state index contributed by atoms with van der Waals surface area (Å²) in [5.41, 5.74) is 7.22. The first-order chi connectivity index (χ1) is 8.34. The standard InChI is InChI=1S/C13H16N4/c14-12-8-10-4-1-2-5-11(10)17(12)9-13-15-6-3-7-16-13/h1-2,4-5,8H,3,6-7,9,14H2,(H,15,16). The van der Waals surface area contributed by atoms with E-state index in [0.717, 1.165) is 37.7 Å². The van der Waals surface area contributed by atoms with Gasteiger partial charge in [-0.25, -0.2) is 0 Å². The molecule has 4 nitrogen and oxygen atoms in total. The molecule has 0 radical (unpaired) electrons. The van der Waals surface area contributed by atoms with Crippen LogP contribution in [0.25, 0.3) is 10.9 Å². The van der Waals surface area contributed by atoms with Crippen LogP contribution in [0.15, 0.2) is 35.3 Å². The van der Waals surface area contributed by atoms with Crippen LogP contribution in [0.4, 0.5) is 5.82 Å². The molecular weight excluding hydrogens is 212 g/mol. The number of rotatable bonds is 2. The molecule has 0 saturated heterocycles. The molecule has 0 aliphatic carbocycles. The molecule has 2 heterocycles. The molecule has 4 heteroatoms. The fourth-order valence-electron chi connectivity index (χ4n) is 2.25. The van der Waals surface area contributed by atoms with Gasteiger partial charge < -0.3 is 15.6 Å². The number of nitrogen functional groups attached to an aromatic ring is 1. The number of nitrogens with one attached hydrogen (secondary N) is 1. The number of hydrogen-bond acceptors (Lipinski definition) is 3. The van der Waals surface area contributed by atoms with Crippen molar-refractivity contribution in [2.75, 3.05) is 18.8 Å². The molecule has 88 valence electrons. The molecule has 1 aromatic heterocycles. The summed E-state index contributed by atoms with van der Waals surface area (Å²) >= 11 is 0. The Bertz CT molecular complexity index is 568. The lowest BCUT2D eigenvalue weighted by molar-refractivity contribution is 0.710. The van der Waals surface area contributed by atoms with E-state index in [-0.39, 0.29) is 0 Å². The highest BCUT2D eigenvalue weighted by Crippen LogP contribution is 2.21. The number of aromatic nitrogens is 1. The minimum Gasteiger partial charge on any atom is -0.385 e. The molecule has 0 bridgehead atoms. The van der Waals surface area contributed by atoms with E-state index in [1.54, 1.807) is 0 Å². The predicted molar refractivity (Wildman–Crippen MR) is 71.3 cm³/mol. The van der Waals surface area contributed by atoms with E-state index in [2.05, 4.69) is 27.0 Å². The summed E-state index contributed by atoms with van der Waals surface area (Å²) in [5, 5.41) is 4.50. The monoisotopic (exact) mass is 228 g/mol. The van der Waals surface area contributed by atoms with Crippen LogP contribution in [-0.2, 0) is 6.54 Å². The second-order valence-electron chi connectivity index (χ2n) is 4.32. The molecule has 0 saturated carbocycles. The van der Waals surface area contributed by atoms with Crippen molar-refractivity contribution in [3.8, 4) is 0 Å². The zero-order valence-electron chi connectivity index (χ0n) is 9.69. The smallest absolute Gasteiger partial charge is 0.116 e. The maximum absolute atomic E-state index is 6.05. The van der Waals surface area contributed by atoms with Crippen molar-refractivity contribution >= 4 is 22.6 Å². The molecule has 1 aliphatic rings. The lowest BCUT2D eigenvalue weighted by Gasteiger charge is -2.16. The summed E-state index contributed by atoms with van der Waals surface area (Å²) in [6.07, 6.45) is 1.12. The number of hydrogen-bond donors (Lipinski definition) is 2. The normalized spacial score (nSPS) is 15.6. The zero-order chi connectivity index (χ0) is 11.7. The summed E-state index contributed by atoms with van der Waals surface area (Å²) in [6, 6.07) is 10.3. The van der Waals surface area contributed by atoms with Gasteiger partial charge in [-0.15, -0.1) is 0 Å². The fraction of sp³-hybridized carbons (Fsp3) is 0.308. The number of amidine groups is 1. The molecule has 1 aliphatic heterocycles. The van der Waals surface area contributed by atoms with E-state index in [1.807, 2.05) is 18.2 Å². The highest BCUT2D eigenvalue weighted by molar-refractivity contribution is 5.89. The van der Waals surface area contributed by atoms with Crippen LogP contribution in [0.1, 0.15) is 6.42 Å². The van der Waals surface area contributed by atoms with Gasteiger partial charge in [-0.2, -0.15) is 0 Å². The van der Waals surface area contributed by atoms with Crippen LogP contribution < -0.4 is 11.1 Å². The van der Waals surface area contributed by atoms with E-state index in [9.17, 15) is 0 Å². The Labute approximate surface area is 100 Å². The Kier molecular flexibility index (Phi) is 2.48. The predicted octanol–water partition coefficient (Wildman–Crippen LogP) is 1.62. The number of anilines is 1. The Morgan fingerprint density at radius 1 is 1.35 bits per heavy atom. The van der Waals surface area contributed by atoms with E-state index >= 15 is 0 Å². The molecule has 3 N–H and O–H groups in total. The van der Waals surface area contributed by atoms with E-state index in [1.165, 1.54) is 10.9 Å². The molecule has 0 fully saturated rings. The van der Waals surface area contributed by atoms with Gasteiger partial charge in [0, 0.05) is 18.5 Å². The van der Waals surface area contributed by atoms with Crippen LogP contribution in [0.5, 0.6) is 0 Å². The molecule has 0 unspecified atom stereocenters. The van der Waals surface area contributed by atoms with Gasteiger partial charge >= 0.3 is 0 Å². The Morgan fingerprint density at radius 3 is 3.06 bits per heavy atom. The van der Waals surface area contributed by atoms with Crippen molar-refractivity contribution in [1.82, 2.24) is 9.88 Å². The highest BCUT2D eigenvalue weighted by Gasteiger charge is 2.09. The molecule has 3 rings (SSSR count). The summed E-state index contributed by atoms with van der Waals surface area (Å²) in [5.74, 6) is 1.82. The van der Waals surface area contributed by atoms with Crippen molar-refractivity contribution in [2.45, 2.75) is 13.0 Å². The number of benzene rings is 1. The fourth-order valence-corrected chi connectivity index (χ4v) is 2.25. The quantitative estimate of drug-likeness (QED) is 0.820. The minimum absolute atomic E-state index is 0.735. The first-order valence-corrected chi connectivity index (χ1v) is 5.95. The Morgan fingerprint density at radius 2 is 2.24 bits per heavy atom. The maximum Gasteiger partial charge on any atom is 0.116 e. The van der Waals surface area contributed by atoms with Crippen molar-refractivity contribution in [3.05, 3.63) is 30.3 Å². The highest BCUT2D eigenvalue weighted by atomic mass is 15.1. The average molecular weight is 228 g/mol. The third-order valence-electron chi connectivity index (χ3n) is 3.12. The largest absolute Gasteiger partial charge is 0.385 e. The van der Waals surface area contributed by atoms with Gasteiger partial charge in [0.05, 0.1) is 12.1 Å². The van der Waals surface area contributed by atoms with Gasteiger partial charge in [-0.3, -0.25) is 4.99 Å². The minimum atomic E-state index is 0.735. The summed E-state index contributed by atoms with van der Waals surface area (Å²) in [4.78, 5) is 4.48. The Hall–Kier alpha value is -1.97. The number of aliphatic imine (C=N–C) groups is 1. The van der Waals surface area contributed by atoms with Crippen molar-refractivity contribution < 1.29 is 0 Å². The maximum atomic E-state index is 6.05. The molecule has 2 aromatic rings. The van der Waals surface area contributed by atoms with E-state index in [0.29, 0.717) is 0 Å². The lowest BCUT2D eigenvalue weighted by Crippen LogP contribution is -2.33. The van der Waals surface area contributed by atoms with Gasteiger partial charge in [0.2, 0.25) is 0 Å². The molecule has 0 amide bonds. The van der Waals surface area contributed by atoms with Gasteiger partial charge in [-0.05, 0) is 18.6 Å². The second-order valence-corrected chi connectivity index (χ2v) is 4.32. The topological polar surface area (TPSA) is 55.3 Å². The van der Waals surface area contributed by atoms with E-state index < -0.39 is 0 Å². The summed E-state index contributed by atoms with van der Waals surface area (Å²) < 4.78 is 2.10. The third-order valence-corrected chi connectivity index (χ3v) is 3.12. The zero-order valence-corrected chi connectivity index (χ0v) is 9.69. The van der Waals surface area contributed by atoms with E-state index in [4.69, 9.17) is 5.73 Å². The van der Waals surface area contributed by atoms with Crippen molar-refractivity contribution in [2.24, 2.45) is 4.99 Å². The number of nitrogens with two attached hydrogens (primary N) is 1. The number of fused-ring (bicyclic) bond motifs is 1. The molecule has 17 heavy (non-hydrogen) atoms. The third kappa shape index (κ3) is 1.86. The van der Waals surface area contributed by atoms with Crippen LogP contribution >= 0.6 is 0 Å². The molecule has 0 atom stereocenters.